The Morgan fingerprint density at radius 3 is 2.83 bits per heavy atom. The van der Waals surface area contributed by atoms with Crippen molar-refractivity contribution < 1.29 is 4.42 Å². The molecule has 0 atom stereocenters. The first-order valence-corrected chi connectivity index (χ1v) is 6.41. The van der Waals surface area contributed by atoms with Crippen molar-refractivity contribution in [3.8, 4) is 0 Å². The summed E-state index contributed by atoms with van der Waals surface area (Å²) in [5.74, 6) is 0.911. The summed E-state index contributed by atoms with van der Waals surface area (Å²) in [6, 6.07) is 10.7. The summed E-state index contributed by atoms with van der Waals surface area (Å²) in [5.41, 5.74) is 9.82. The molecule has 3 rings (SSSR count). The second-order valence-corrected chi connectivity index (χ2v) is 4.80. The van der Waals surface area contributed by atoms with Crippen molar-refractivity contribution in [1.82, 2.24) is 4.90 Å². The molecule has 0 amide bonds. The molecule has 1 aliphatic heterocycles. The van der Waals surface area contributed by atoms with Gasteiger partial charge in [0.2, 0.25) is 0 Å². The summed E-state index contributed by atoms with van der Waals surface area (Å²) in [6.45, 7) is 3.53. The van der Waals surface area contributed by atoms with Gasteiger partial charge in [-0.1, -0.05) is 24.3 Å². The molecule has 3 nitrogen and oxygen atoms in total. The molecule has 0 aliphatic carbocycles. The second kappa shape index (κ2) is 4.96. The zero-order chi connectivity index (χ0) is 12.4. The topological polar surface area (TPSA) is 42.4 Å². The largest absolute Gasteiger partial charge is 0.468 e. The van der Waals surface area contributed by atoms with Crippen molar-refractivity contribution in [2.45, 2.75) is 26.1 Å². The molecule has 0 saturated carbocycles. The maximum absolute atomic E-state index is 5.66. The van der Waals surface area contributed by atoms with E-state index in [1.807, 2.05) is 6.07 Å². The van der Waals surface area contributed by atoms with Crippen LogP contribution in [0.25, 0.3) is 0 Å². The Bertz CT molecular complexity index is 533. The van der Waals surface area contributed by atoms with Crippen molar-refractivity contribution in [2.24, 2.45) is 5.73 Å². The van der Waals surface area contributed by atoms with Crippen molar-refractivity contribution in [3.05, 3.63) is 59.0 Å². The highest BCUT2D eigenvalue weighted by molar-refractivity contribution is 5.29. The van der Waals surface area contributed by atoms with Gasteiger partial charge in [-0.05, 0) is 23.6 Å². The van der Waals surface area contributed by atoms with Crippen LogP contribution in [0.5, 0.6) is 0 Å². The third-order valence-corrected chi connectivity index (χ3v) is 3.63. The second-order valence-electron chi connectivity index (χ2n) is 4.80. The zero-order valence-corrected chi connectivity index (χ0v) is 10.4. The molecule has 0 spiro atoms. The van der Waals surface area contributed by atoms with Gasteiger partial charge in [-0.2, -0.15) is 0 Å². The quantitative estimate of drug-likeness (QED) is 0.898. The number of nitrogens with two attached hydrogens (primary N) is 1. The molecule has 0 unspecified atom stereocenters. The first-order chi connectivity index (χ1) is 8.86. The molecular weight excluding hydrogens is 224 g/mol. The van der Waals surface area contributed by atoms with Gasteiger partial charge < -0.3 is 10.2 Å². The molecule has 2 N–H and O–H groups in total. The average Bonchev–Trinajstić information content (AvgIpc) is 2.86. The Morgan fingerprint density at radius 2 is 2.00 bits per heavy atom. The summed E-state index contributed by atoms with van der Waals surface area (Å²) in [7, 11) is 0. The monoisotopic (exact) mass is 242 g/mol. The predicted octanol–water partition coefficient (Wildman–Crippen LogP) is 2.30. The first-order valence-electron chi connectivity index (χ1n) is 6.41. The van der Waals surface area contributed by atoms with E-state index in [9.17, 15) is 0 Å². The van der Waals surface area contributed by atoms with Crippen molar-refractivity contribution in [3.63, 3.8) is 0 Å². The maximum Gasteiger partial charge on any atom is 0.121 e. The van der Waals surface area contributed by atoms with Crippen LogP contribution in [0.1, 0.15) is 22.5 Å². The molecule has 1 aliphatic rings. The Morgan fingerprint density at radius 1 is 1.17 bits per heavy atom. The van der Waals surface area contributed by atoms with Crippen molar-refractivity contribution in [1.29, 1.82) is 0 Å². The molecular formula is C15H18N2O. The van der Waals surface area contributed by atoms with Gasteiger partial charge in [0.15, 0.2) is 0 Å². The van der Waals surface area contributed by atoms with Crippen LogP contribution < -0.4 is 5.73 Å². The van der Waals surface area contributed by atoms with Crippen LogP contribution in [0, 0.1) is 0 Å². The van der Waals surface area contributed by atoms with Gasteiger partial charge in [-0.3, -0.25) is 4.90 Å². The van der Waals surface area contributed by atoms with E-state index in [4.69, 9.17) is 10.2 Å². The average molecular weight is 242 g/mol. The Labute approximate surface area is 107 Å². The van der Waals surface area contributed by atoms with Crippen LogP contribution in [0.2, 0.25) is 0 Å². The standard InChI is InChI=1S/C15H18N2O/c16-9-15-14(6-8-18-15)11-17-7-5-12-3-1-2-4-13(12)10-17/h1-4,6,8H,5,7,9-11,16H2. The maximum atomic E-state index is 5.66. The fourth-order valence-electron chi connectivity index (χ4n) is 2.62. The minimum Gasteiger partial charge on any atom is -0.468 e. The van der Waals surface area contributed by atoms with Gasteiger partial charge in [0.1, 0.15) is 5.76 Å². The molecule has 3 heteroatoms. The van der Waals surface area contributed by atoms with Crippen LogP contribution >= 0.6 is 0 Å². The van der Waals surface area contributed by atoms with E-state index in [1.54, 1.807) is 6.26 Å². The third kappa shape index (κ3) is 2.19. The van der Waals surface area contributed by atoms with Crippen molar-refractivity contribution in [2.75, 3.05) is 6.54 Å². The Hall–Kier alpha value is -1.58. The van der Waals surface area contributed by atoms with Crippen LogP contribution in [-0.2, 0) is 26.1 Å². The van der Waals surface area contributed by atoms with Gasteiger partial charge in [0, 0.05) is 25.2 Å². The SMILES string of the molecule is NCc1occc1CN1CCc2ccccc2C1. The minimum absolute atomic E-state index is 0.479. The highest BCUT2D eigenvalue weighted by Gasteiger charge is 2.17. The predicted molar refractivity (Wildman–Crippen MR) is 70.9 cm³/mol. The molecule has 0 radical (unpaired) electrons. The minimum atomic E-state index is 0.479. The first kappa shape index (κ1) is 11.5. The van der Waals surface area contributed by atoms with E-state index < -0.39 is 0 Å². The molecule has 18 heavy (non-hydrogen) atoms. The van der Waals surface area contributed by atoms with Crippen LogP contribution in [-0.4, -0.2) is 11.4 Å². The lowest BCUT2D eigenvalue weighted by Crippen LogP contribution is -2.30. The molecule has 0 saturated heterocycles. The Kier molecular flexibility index (Phi) is 3.17. The fraction of sp³-hybridized carbons (Fsp3) is 0.333. The molecule has 0 bridgehead atoms. The molecule has 1 aromatic carbocycles. The fourth-order valence-corrected chi connectivity index (χ4v) is 2.62. The lowest BCUT2D eigenvalue weighted by molar-refractivity contribution is 0.243. The van der Waals surface area contributed by atoms with E-state index in [2.05, 4.69) is 29.2 Å². The summed E-state index contributed by atoms with van der Waals surface area (Å²) in [6.07, 6.45) is 2.86. The highest BCUT2D eigenvalue weighted by atomic mass is 16.3. The number of hydrogen-bond acceptors (Lipinski definition) is 3. The smallest absolute Gasteiger partial charge is 0.121 e. The summed E-state index contributed by atoms with van der Waals surface area (Å²) >= 11 is 0. The van der Waals surface area contributed by atoms with E-state index in [-0.39, 0.29) is 0 Å². The van der Waals surface area contributed by atoms with Gasteiger partial charge in [-0.15, -0.1) is 0 Å². The number of benzene rings is 1. The number of rotatable bonds is 3. The van der Waals surface area contributed by atoms with Gasteiger partial charge in [0.25, 0.3) is 0 Å². The molecule has 1 aromatic heterocycles. The van der Waals surface area contributed by atoms with Gasteiger partial charge in [0.05, 0.1) is 12.8 Å². The molecule has 0 fully saturated rings. The summed E-state index contributed by atoms with van der Waals surface area (Å²) < 4.78 is 5.37. The van der Waals surface area contributed by atoms with Gasteiger partial charge in [-0.25, -0.2) is 0 Å². The number of hydrogen-bond donors (Lipinski definition) is 1. The number of furan rings is 1. The van der Waals surface area contributed by atoms with E-state index in [0.29, 0.717) is 6.54 Å². The third-order valence-electron chi connectivity index (χ3n) is 3.63. The van der Waals surface area contributed by atoms with E-state index >= 15 is 0 Å². The van der Waals surface area contributed by atoms with Crippen LogP contribution in [0.4, 0.5) is 0 Å². The van der Waals surface area contributed by atoms with E-state index in [1.165, 1.54) is 16.7 Å². The Balaban J connectivity index is 1.73. The van der Waals surface area contributed by atoms with Crippen LogP contribution in [0.15, 0.2) is 41.0 Å². The number of fused-ring (bicyclic) bond motifs is 1. The van der Waals surface area contributed by atoms with Gasteiger partial charge >= 0.3 is 0 Å². The van der Waals surface area contributed by atoms with Crippen LogP contribution in [0.3, 0.4) is 0 Å². The zero-order valence-electron chi connectivity index (χ0n) is 10.4. The lowest BCUT2D eigenvalue weighted by Gasteiger charge is -2.28. The normalized spacial score (nSPS) is 15.6. The molecule has 2 heterocycles. The van der Waals surface area contributed by atoms with E-state index in [0.717, 1.165) is 31.8 Å². The molecule has 94 valence electrons. The molecule has 2 aromatic rings. The summed E-state index contributed by atoms with van der Waals surface area (Å²) in [4.78, 5) is 2.45. The highest BCUT2D eigenvalue weighted by Crippen LogP contribution is 2.21. The van der Waals surface area contributed by atoms with Crippen molar-refractivity contribution >= 4 is 0 Å². The number of nitrogens with zero attached hydrogens (tertiary/aromatic N) is 1. The lowest BCUT2D eigenvalue weighted by atomic mass is 9.99. The summed E-state index contributed by atoms with van der Waals surface area (Å²) in [5, 5.41) is 0.